The third-order valence-corrected chi connectivity index (χ3v) is 6.07. The molecule has 4 N–H and O–H groups in total. The fourth-order valence-corrected chi connectivity index (χ4v) is 4.04. The highest BCUT2D eigenvalue weighted by molar-refractivity contribution is 6.48. The second kappa shape index (κ2) is 8.77. The monoisotopic (exact) mass is 463 g/mol. The maximum atomic E-state index is 14.3. The van der Waals surface area contributed by atoms with Gasteiger partial charge in [-0.15, -0.1) is 5.10 Å². The quantitative estimate of drug-likeness (QED) is 0.454. The molecule has 3 heterocycles. The standard InChI is InChI=1S/C24H26FN7O2/c1-13-18-8-16(25)5-6-20(18)32-17(10-22(31-32)33-2)9-19(30-27)23(28-11-14-3-4-14)15-7-21(34-13)24(26)29-12-15/h5-8,10,12-14H,3-4,9,11,27H2,1-2H3,(H2,26,29)/t13-/m1/s1. The highest BCUT2D eigenvalue weighted by Crippen LogP contribution is 2.33. The van der Waals surface area contributed by atoms with Crippen LogP contribution in [0.15, 0.2) is 46.6 Å². The maximum absolute atomic E-state index is 14.3. The van der Waals surface area contributed by atoms with Gasteiger partial charge in [0.15, 0.2) is 11.6 Å². The number of fused-ring (bicyclic) bond motifs is 5. The lowest BCUT2D eigenvalue weighted by molar-refractivity contribution is 0.226. The topological polar surface area (TPSA) is 126 Å². The van der Waals surface area contributed by atoms with Crippen LogP contribution in [-0.4, -0.2) is 39.8 Å². The smallest absolute Gasteiger partial charge is 0.233 e. The number of hydrogen-bond donors (Lipinski definition) is 2. The number of benzene rings is 1. The number of nitrogens with two attached hydrogens (primary N) is 2. The largest absolute Gasteiger partial charge is 0.482 e. The molecule has 0 spiro atoms. The van der Waals surface area contributed by atoms with Gasteiger partial charge in [-0.3, -0.25) is 4.99 Å². The summed E-state index contributed by atoms with van der Waals surface area (Å²) in [7, 11) is 1.54. The number of hydrazone groups is 1. The molecule has 0 radical (unpaired) electrons. The van der Waals surface area contributed by atoms with Crippen molar-refractivity contribution in [3.8, 4) is 17.3 Å². The molecule has 1 aliphatic carbocycles. The number of anilines is 1. The Bertz CT molecular complexity index is 1300. The van der Waals surface area contributed by atoms with Gasteiger partial charge in [-0.25, -0.2) is 14.1 Å². The van der Waals surface area contributed by atoms with Gasteiger partial charge in [0.25, 0.3) is 0 Å². The zero-order valence-corrected chi connectivity index (χ0v) is 19.0. The summed E-state index contributed by atoms with van der Waals surface area (Å²) in [6, 6.07) is 8.06. The first-order valence-electron chi connectivity index (χ1n) is 11.1. The number of aromatic nitrogens is 3. The minimum atomic E-state index is -0.554. The van der Waals surface area contributed by atoms with E-state index in [1.807, 2.05) is 6.92 Å². The zero-order valence-electron chi connectivity index (χ0n) is 19.0. The van der Waals surface area contributed by atoms with Gasteiger partial charge in [-0.05, 0) is 49.9 Å². The second-order valence-electron chi connectivity index (χ2n) is 8.55. The predicted molar refractivity (Wildman–Crippen MR) is 127 cm³/mol. The van der Waals surface area contributed by atoms with Crippen LogP contribution in [0.25, 0.3) is 5.69 Å². The Kier molecular flexibility index (Phi) is 5.64. The van der Waals surface area contributed by atoms with Crippen LogP contribution in [0, 0.1) is 11.7 Å². The molecule has 2 bridgehead atoms. The number of pyridine rings is 1. The molecular formula is C24H26FN7O2. The Morgan fingerprint density at radius 2 is 2.09 bits per heavy atom. The molecule has 34 heavy (non-hydrogen) atoms. The average Bonchev–Trinajstić information content (AvgIpc) is 3.57. The van der Waals surface area contributed by atoms with Crippen molar-refractivity contribution in [2.75, 3.05) is 19.4 Å². The molecule has 1 aliphatic heterocycles. The van der Waals surface area contributed by atoms with Crippen LogP contribution in [0.5, 0.6) is 11.6 Å². The zero-order chi connectivity index (χ0) is 23.8. The summed E-state index contributed by atoms with van der Waals surface area (Å²) >= 11 is 0. The van der Waals surface area contributed by atoms with E-state index in [9.17, 15) is 4.39 Å². The Balaban J connectivity index is 1.73. The molecule has 9 nitrogen and oxygen atoms in total. The van der Waals surface area contributed by atoms with Gasteiger partial charge in [0.05, 0.1) is 29.9 Å². The average molecular weight is 464 g/mol. The van der Waals surface area contributed by atoms with Crippen molar-refractivity contribution in [2.24, 2.45) is 21.9 Å². The number of rotatable bonds is 3. The minimum Gasteiger partial charge on any atom is -0.482 e. The lowest BCUT2D eigenvalue weighted by Crippen LogP contribution is -2.24. The first-order chi connectivity index (χ1) is 16.5. The molecule has 1 aromatic carbocycles. The summed E-state index contributed by atoms with van der Waals surface area (Å²) in [4.78, 5) is 9.19. The fourth-order valence-electron chi connectivity index (χ4n) is 4.04. The number of halogens is 1. The van der Waals surface area contributed by atoms with E-state index in [1.54, 1.807) is 36.2 Å². The number of nitrogens with zero attached hydrogens (tertiary/aromatic N) is 5. The molecule has 176 valence electrons. The lowest BCUT2D eigenvalue weighted by Gasteiger charge is -2.22. The predicted octanol–water partition coefficient (Wildman–Crippen LogP) is 3.21. The van der Waals surface area contributed by atoms with Crippen LogP contribution >= 0.6 is 0 Å². The van der Waals surface area contributed by atoms with E-state index in [2.05, 4.69) is 15.2 Å². The van der Waals surface area contributed by atoms with Crippen molar-refractivity contribution in [1.82, 2.24) is 14.8 Å². The normalized spacial score (nSPS) is 20.1. The molecule has 0 unspecified atom stereocenters. The molecule has 2 aliphatic rings. The van der Waals surface area contributed by atoms with E-state index in [4.69, 9.17) is 26.0 Å². The summed E-state index contributed by atoms with van der Waals surface area (Å²) < 4.78 is 27.6. The Hall–Kier alpha value is -3.95. The van der Waals surface area contributed by atoms with E-state index in [0.717, 1.165) is 18.5 Å². The Labute approximate surface area is 196 Å². The van der Waals surface area contributed by atoms with Crippen molar-refractivity contribution in [3.63, 3.8) is 0 Å². The number of methoxy groups -OCH3 is 1. The molecular weight excluding hydrogens is 437 g/mol. The van der Waals surface area contributed by atoms with Gasteiger partial charge >= 0.3 is 0 Å². The summed E-state index contributed by atoms with van der Waals surface area (Å²) in [5.41, 5.74) is 9.99. The van der Waals surface area contributed by atoms with Gasteiger partial charge in [0.2, 0.25) is 5.88 Å². The maximum Gasteiger partial charge on any atom is 0.233 e. The van der Waals surface area contributed by atoms with Crippen LogP contribution in [0.2, 0.25) is 0 Å². The van der Waals surface area contributed by atoms with Gasteiger partial charge in [0.1, 0.15) is 11.9 Å². The first-order valence-corrected chi connectivity index (χ1v) is 11.1. The molecule has 1 fully saturated rings. The summed E-state index contributed by atoms with van der Waals surface area (Å²) in [5.74, 6) is 7.06. The molecule has 0 saturated heterocycles. The Morgan fingerprint density at radius 1 is 1.26 bits per heavy atom. The van der Waals surface area contributed by atoms with Gasteiger partial charge in [-0.1, -0.05) is 0 Å². The Morgan fingerprint density at radius 3 is 2.82 bits per heavy atom. The molecule has 2 aromatic heterocycles. The first kappa shape index (κ1) is 21.9. The van der Waals surface area contributed by atoms with E-state index >= 15 is 0 Å². The van der Waals surface area contributed by atoms with Crippen LogP contribution in [-0.2, 0) is 6.42 Å². The fraction of sp³-hybridized carbons (Fsp3) is 0.333. The van der Waals surface area contributed by atoms with E-state index in [0.29, 0.717) is 58.8 Å². The van der Waals surface area contributed by atoms with Crippen molar-refractivity contribution < 1.29 is 13.9 Å². The van der Waals surface area contributed by atoms with Crippen LogP contribution in [0.3, 0.4) is 0 Å². The third-order valence-electron chi connectivity index (χ3n) is 6.07. The molecule has 5 rings (SSSR count). The molecule has 3 aromatic rings. The van der Waals surface area contributed by atoms with Crippen LogP contribution < -0.4 is 21.1 Å². The SMILES string of the molecule is COc1cc2n(n1)-c1ccc(F)cc1[C@@H](C)Oc1cc(cnc1N)C(=NCC1CC1)C(=NN)C2. The van der Waals surface area contributed by atoms with Crippen molar-refractivity contribution in [3.05, 3.63) is 59.2 Å². The number of ether oxygens (including phenoxy) is 2. The highest BCUT2D eigenvalue weighted by Gasteiger charge is 2.26. The number of nitrogen functional groups attached to an aromatic ring is 1. The number of aliphatic imine (C=N–C) groups is 1. The van der Waals surface area contributed by atoms with Crippen LogP contribution in [0.4, 0.5) is 10.2 Å². The van der Waals surface area contributed by atoms with Crippen molar-refractivity contribution in [1.29, 1.82) is 0 Å². The van der Waals surface area contributed by atoms with Gasteiger partial charge in [-0.2, -0.15) is 5.10 Å². The molecule has 0 amide bonds. The molecule has 1 saturated carbocycles. The summed E-state index contributed by atoms with van der Waals surface area (Å²) in [6.07, 6.45) is 3.73. The highest BCUT2D eigenvalue weighted by atomic mass is 19.1. The van der Waals surface area contributed by atoms with E-state index in [-0.39, 0.29) is 11.6 Å². The summed E-state index contributed by atoms with van der Waals surface area (Å²) in [5, 5.41) is 8.66. The van der Waals surface area contributed by atoms with E-state index < -0.39 is 6.10 Å². The van der Waals surface area contributed by atoms with Crippen LogP contribution in [0.1, 0.15) is 42.7 Å². The molecule has 1 atom stereocenters. The molecule has 10 heteroatoms. The van der Waals surface area contributed by atoms with Gasteiger partial charge < -0.3 is 21.1 Å². The third kappa shape index (κ3) is 4.18. The van der Waals surface area contributed by atoms with Crippen molar-refractivity contribution in [2.45, 2.75) is 32.3 Å². The lowest BCUT2D eigenvalue weighted by atomic mass is 10.0. The van der Waals surface area contributed by atoms with Crippen molar-refractivity contribution >= 4 is 17.2 Å². The van der Waals surface area contributed by atoms with Gasteiger partial charge in [0, 0.05) is 36.4 Å². The second-order valence-corrected chi connectivity index (χ2v) is 8.55. The minimum absolute atomic E-state index is 0.222. The summed E-state index contributed by atoms with van der Waals surface area (Å²) in [6.45, 7) is 2.50. The van der Waals surface area contributed by atoms with E-state index in [1.165, 1.54) is 12.1 Å². The number of hydrogen-bond acceptors (Lipinski definition) is 8.